The number of esters is 1. The molecule has 0 unspecified atom stereocenters. The number of hydrogen-bond donors (Lipinski definition) is 1. The summed E-state index contributed by atoms with van der Waals surface area (Å²) in [5.41, 5.74) is 1.15. The second-order valence-corrected chi connectivity index (χ2v) is 10.1. The number of amides is 1. The van der Waals surface area contributed by atoms with Crippen molar-refractivity contribution in [3.63, 3.8) is 0 Å². The Hall–Kier alpha value is -4.50. The molecule has 5 rings (SSSR count). The molecule has 9 heteroatoms. The van der Waals surface area contributed by atoms with E-state index in [2.05, 4.69) is 24.3 Å². The van der Waals surface area contributed by atoms with Gasteiger partial charge >= 0.3 is 5.97 Å². The van der Waals surface area contributed by atoms with Crippen LogP contribution in [0.15, 0.2) is 76.9 Å². The first-order chi connectivity index (χ1) is 18.9. The van der Waals surface area contributed by atoms with Gasteiger partial charge in [-0.2, -0.15) is 9.78 Å². The van der Waals surface area contributed by atoms with E-state index >= 15 is 0 Å². The van der Waals surface area contributed by atoms with Crippen LogP contribution in [0.4, 0.5) is 5.00 Å². The second kappa shape index (κ2) is 11.1. The largest absolute Gasteiger partial charge is 0.483 e. The highest BCUT2D eigenvalue weighted by molar-refractivity contribution is 7.16. The first-order valence-electron chi connectivity index (χ1n) is 12.6. The number of hydrogen-bond acceptors (Lipinski definition) is 7. The van der Waals surface area contributed by atoms with Gasteiger partial charge in [0.05, 0.1) is 17.7 Å². The molecule has 0 saturated carbocycles. The maximum Gasteiger partial charge on any atom is 0.359 e. The molecule has 3 aromatic carbocycles. The number of nitrogens with zero attached hydrogens (tertiary/aromatic N) is 2. The number of rotatable bonds is 8. The van der Waals surface area contributed by atoms with Crippen molar-refractivity contribution in [1.29, 1.82) is 0 Å². The molecule has 8 nitrogen and oxygen atoms in total. The molecule has 5 aromatic rings. The smallest absolute Gasteiger partial charge is 0.359 e. The fraction of sp³-hybridized carbons (Fsp3) is 0.200. The lowest BCUT2D eigenvalue weighted by atomic mass is 10.0. The summed E-state index contributed by atoms with van der Waals surface area (Å²) in [6.45, 7) is 5.76. The molecule has 0 spiro atoms. The topological polar surface area (TPSA) is 99.5 Å². The minimum Gasteiger partial charge on any atom is -0.483 e. The van der Waals surface area contributed by atoms with Gasteiger partial charge in [-0.15, -0.1) is 11.3 Å². The summed E-state index contributed by atoms with van der Waals surface area (Å²) in [4.78, 5) is 39.3. The molecule has 0 saturated heterocycles. The lowest BCUT2D eigenvalue weighted by molar-refractivity contribution is -0.118. The molecule has 1 amide bonds. The number of carbonyl (C=O) groups excluding carboxylic acids is 2. The monoisotopic (exact) mass is 541 g/mol. The highest BCUT2D eigenvalue weighted by Crippen LogP contribution is 2.31. The average molecular weight is 542 g/mol. The normalized spacial score (nSPS) is 11.2. The summed E-state index contributed by atoms with van der Waals surface area (Å²) in [6, 6.07) is 20.8. The maximum atomic E-state index is 13.6. The molecule has 0 aliphatic heterocycles. The minimum absolute atomic E-state index is 0.00291. The first-order valence-corrected chi connectivity index (χ1v) is 13.5. The third-order valence-electron chi connectivity index (χ3n) is 6.29. The molecule has 0 radical (unpaired) electrons. The van der Waals surface area contributed by atoms with Crippen LogP contribution in [0, 0.1) is 0 Å². The minimum atomic E-state index is -0.648. The molecule has 39 heavy (non-hydrogen) atoms. The zero-order valence-corrected chi connectivity index (χ0v) is 22.6. The molecule has 0 atom stereocenters. The van der Waals surface area contributed by atoms with Gasteiger partial charge in [0.2, 0.25) is 0 Å². The van der Waals surface area contributed by atoms with E-state index in [9.17, 15) is 14.4 Å². The van der Waals surface area contributed by atoms with Gasteiger partial charge in [0.1, 0.15) is 10.8 Å². The third kappa shape index (κ3) is 5.26. The number of thiophene rings is 1. The Morgan fingerprint density at radius 1 is 1.00 bits per heavy atom. The molecule has 0 aliphatic carbocycles. The van der Waals surface area contributed by atoms with Crippen LogP contribution in [0.1, 0.15) is 42.7 Å². The van der Waals surface area contributed by atoms with E-state index in [1.165, 1.54) is 4.68 Å². The Labute approximate surface area is 228 Å². The number of carbonyl (C=O) groups is 2. The molecule has 0 aliphatic rings. The predicted molar refractivity (Wildman–Crippen MR) is 153 cm³/mol. The molecule has 2 heterocycles. The Bertz CT molecular complexity index is 1730. The van der Waals surface area contributed by atoms with Crippen LogP contribution in [-0.2, 0) is 9.53 Å². The Morgan fingerprint density at radius 3 is 2.49 bits per heavy atom. The van der Waals surface area contributed by atoms with Gasteiger partial charge in [-0.25, -0.2) is 4.79 Å². The van der Waals surface area contributed by atoms with Crippen LogP contribution in [0.5, 0.6) is 5.75 Å². The molecular weight excluding hydrogens is 514 g/mol. The summed E-state index contributed by atoms with van der Waals surface area (Å²) >= 11 is 1.14. The standard InChI is InChI=1S/C30H27N3O5S/c1-4-37-30(36)27-23-17-39-28(26(23)29(35)33(32-27)21-14-12-19(13-15-21)18(2)3)31-25(34)16-38-24-11-7-9-20-8-5-6-10-22(20)24/h5-15,17-18H,4,16H2,1-3H3,(H,31,34). The van der Waals surface area contributed by atoms with Gasteiger partial charge in [-0.05, 0) is 42.0 Å². The Balaban J connectivity index is 1.49. The summed E-state index contributed by atoms with van der Waals surface area (Å²) in [7, 11) is 0. The van der Waals surface area contributed by atoms with Crippen molar-refractivity contribution in [3.8, 4) is 11.4 Å². The van der Waals surface area contributed by atoms with E-state index in [0.29, 0.717) is 27.7 Å². The van der Waals surface area contributed by atoms with Gasteiger partial charge in [0.25, 0.3) is 11.5 Å². The zero-order chi connectivity index (χ0) is 27.5. The third-order valence-corrected chi connectivity index (χ3v) is 7.18. The molecule has 2 aromatic heterocycles. The lowest BCUT2D eigenvalue weighted by Gasteiger charge is -2.12. The van der Waals surface area contributed by atoms with Crippen molar-refractivity contribution >= 4 is 49.8 Å². The van der Waals surface area contributed by atoms with Crippen molar-refractivity contribution in [3.05, 3.63) is 93.7 Å². The van der Waals surface area contributed by atoms with Gasteiger partial charge < -0.3 is 14.8 Å². The van der Waals surface area contributed by atoms with Crippen molar-refractivity contribution in [1.82, 2.24) is 9.78 Å². The second-order valence-electron chi connectivity index (χ2n) is 9.20. The summed E-state index contributed by atoms with van der Waals surface area (Å²) < 4.78 is 12.2. The molecular formula is C30H27N3O5S. The van der Waals surface area contributed by atoms with Crippen molar-refractivity contribution < 1.29 is 19.1 Å². The van der Waals surface area contributed by atoms with Gasteiger partial charge in [-0.1, -0.05) is 62.4 Å². The van der Waals surface area contributed by atoms with Crippen LogP contribution >= 0.6 is 11.3 Å². The van der Waals surface area contributed by atoms with Gasteiger partial charge in [0, 0.05) is 16.2 Å². The van der Waals surface area contributed by atoms with Crippen LogP contribution in [-0.4, -0.2) is 34.9 Å². The van der Waals surface area contributed by atoms with E-state index in [-0.39, 0.29) is 24.3 Å². The fourth-order valence-electron chi connectivity index (χ4n) is 4.29. The highest BCUT2D eigenvalue weighted by Gasteiger charge is 2.23. The van der Waals surface area contributed by atoms with Crippen LogP contribution in [0.25, 0.3) is 27.2 Å². The van der Waals surface area contributed by atoms with E-state index in [1.54, 1.807) is 30.5 Å². The lowest BCUT2D eigenvalue weighted by Crippen LogP contribution is -2.26. The van der Waals surface area contributed by atoms with Crippen LogP contribution < -0.4 is 15.6 Å². The number of anilines is 1. The SMILES string of the molecule is CCOC(=O)c1nn(-c2ccc(C(C)C)cc2)c(=O)c2c(NC(=O)COc3cccc4ccccc34)scc12. The molecule has 0 fully saturated rings. The first kappa shape index (κ1) is 26.1. The Morgan fingerprint density at radius 2 is 1.74 bits per heavy atom. The summed E-state index contributed by atoms with van der Waals surface area (Å²) in [5.74, 6) is -0.185. The fourth-order valence-corrected chi connectivity index (χ4v) is 5.25. The summed E-state index contributed by atoms with van der Waals surface area (Å²) in [5, 5.41) is 11.5. The molecule has 0 bridgehead atoms. The van der Waals surface area contributed by atoms with E-state index in [0.717, 1.165) is 27.7 Å². The van der Waals surface area contributed by atoms with Crippen LogP contribution in [0.2, 0.25) is 0 Å². The van der Waals surface area contributed by atoms with Crippen molar-refractivity contribution in [2.24, 2.45) is 0 Å². The summed E-state index contributed by atoms with van der Waals surface area (Å²) in [6.07, 6.45) is 0. The highest BCUT2D eigenvalue weighted by atomic mass is 32.1. The number of fused-ring (bicyclic) bond motifs is 2. The number of benzene rings is 3. The zero-order valence-electron chi connectivity index (χ0n) is 21.8. The van der Waals surface area contributed by atoms with Crippen LogP contribution in [0.3, 0.4) is 0 Å². The van der Waals surface area contributed by atoms with Crippen molar-refractivity contribution in [2.75, 3.05) is 18.5 Å². The van der Waals surface area contributed by atoms with E-state index in [1.807, 2.05) is 48.5 Å². The van der Waals surface area contributed by atoms with E-state index < -0.39 is 17.4 Å². The van der Waals surface area contributed by atoms with Crippen molar-refractivity contribution in [2.45, 2.75) is 26.7 Å². The molecule has 198 valence electrons. The van der Waals surface area contributed by atoms with Gasteiger partial charge in [0.15, 0.2) is 12.3 Å². The number of ether oxygens (including phenoxy) is 2. The molecule has 1 N–H and O–H groups in total. The number of nitrogens with one attached hydrogen (secondary N) is 1. The average Bonchev–Trinajstić information content (AvgIpc) is 3.36. The van der Waals surface area contributed by atoms with E-state index in [4.69, 9.17) is 9.47 Å². The van der Waals surface area contributed by atoms with Gasteiger partial charge in [-0.3, -0.25) is 9.59 Å². The maximum absolute atomic E-state index is 13.6. The number of aromatic nitrogens is 2. The quantitative estimate of drug-likeness (QED) is 0.245. The predicted octanol–water partition coefficient (Wildman–Crippen LogP) is 5.92. The Kier molecular flexibility index (Phi) is 7.42.